The number of nitrogens with zero attached hydrogens (tertiary/aromatic N) is 1. The molecule has 0 radical (unpaired) electrons. The van der Waals surface area contributed by atoms with Crippen LogP contribution in [-0.4, -0.2) is 30.2 Å². The van der Waals surface area contributed by atoms with Crippen molar-refractivity contribution in [1.29, 1.82) is 0 Å². The fourth-order valence-corrected chi connectivity index (χ4v) is 2.06. The maximum absolute atomic E-state index is 12.4. The first kappa shape index (κ1) is 14.6. The number of hydrogen-bond acceptors (Lipinski definition) is 3. The van der Waals surface area contributed by atoms with Crippen LogP contribution >= 0.6 is 0 Å². The average Bonchev–Trinajstić information content (AvgIpc) is 2.70. The van der Waals surface area contributed by atoms with E-state index in [1.807, 2.05) is 0 Å². The summed E-state index contributed by atoms with van der Waals surface area (Å²) >= 11 is 0. The number of nitrogens with two attached hydrogens (primary N) is 1. The van der Waals surface area contributed by atoms with Crippen molar-refractivity contribution < 1.29 is 22.7 Å². The Morgan fingerprint density at radius 1 is 1.30 bits per heavy atom. The van der Waals surface area contributed by atoms with Crippen LogP contribution in [0.15, 0.2) is 24.3 Å². The molecule has 1 aliphatic heterocycles. The van der Waals surface area contributed by atoms with Crippen LogP contribution in [0, 0.1) is 0 Å². The number of hydrogen-bond donors (Lipinski definition) is 1. The second kappa shape index (κ2) is 5.70. The highest BCUT2D eigenvalue weighted by atomic mass is 19.4. The lowest BCUT2D eigenvalue weighted by molar-refractivity contribution is -0.137. The number of amides is 1. The van der Waals surface area contributed by atoms with Crippen molar-refractivity contribution >= 4 is 6.09 Å². The van der Waals surface area contributed by atoms with Crippen molar-refractivity contribution in [2.24, 2.45) is 5.73 Å². The van der Waals surface area contributed by atoms with E-state index in [-0.39, 0.29) is 12.6 Å². The predicted octanol–water partition coefficient (Wildman–Crippen LogP) is 2.38. The minimum atomic E-state index is -4.35. The highest BCUT2D eigenvalue weighted by Crippen LogP contribution is 2.29. The zero-order valence-electron chi connectivity index (χ0n) is 10.7. The Bertz CT molecular complexity index is 473. The van der Waals surface area contributed by atoms with Crippen molar-refractivity contribution in [3.8, 4) is 0 Å². The molecule has 1 heterocycles. The predicted molar refractivity (Wildman–Crippen MR) is 65.8 cm³/mol. The quantitative estimate of drug-likeness (QED) is 0.925. The molecule has 2 rings (SSSR count). The van der Waals surface area contributed by atoms with E-state index in [1.54, 1.807) is 0 Å². The Morgan fingerprint density at radius 2 is 1.95 bits per heavy atom. The zero-order valence-corrected chi connectivity index (χ0v) is 10.7. The summed E-state index contributed by atoms with van der Waals surface area (Å²) in [5.74, 6) is 0. The normalized spacial score (nSPS) is 19.3. The van der Waals surface area contributed by atoms with Gasteiger partial charge in [0.1, 0.15) is 6.10 Å². The van der Waals surface area contributed by atoms with Crippen LogP contribution in [0.2, 0.25) is 0 Å². The van der Waals surface area contributed by atoms with E-state index in [4.69, 9.17) is 10.5 Å². The molecular weight excluding hydrogens is 273 g/mol. The van der Waals surface area contributed by atoms with Crippen LogP contribution in [0.5, 0.6) is 0 Å². The molecule has 20 heavy (non-hydrogen) atoms. The SMILES string of the molecule is NCCC1CN(Cc2ccc(C(F)(F)F)cc2)C(=O)O1. The molecule has 1 aliphatic rings. The fraction of sp³-hybridized carbons (Fsp3) is 0.462. The van der Waals surface area contributed by atoms with E-state index in [1.165, 1.54) is 17.0 Å². The van der Waals surface area contributed by atoms with E-state index in [2.05, 4.69) is 0 Å². The Labute approximate surface area is 114 Å². The molecule has 0 spiro atoms. The maximum atomic E-state index is 12.4. The van der Waals surface area contributed by atoms with Gasteiger partial charge in [-0.25, -0.2) is 4.79 Å². The van der Waals surface area contributed by atoms with Gasteiger partial charge in [-0.3, -0.25) is 0 Å². The second-order valence-corrected chi connectivity index (χ2v) is 4.66. The number of halogens is 3. The summed E-state index contributed by atoms with van der Waals surface area (Å²) in [5, 5.41) is 0. The van der Waals surface area contributed by atoms with Gasteiger partial charge in [0, 0.05) is 6.54 Å². The molecule has 1 aromatic rings. The van der Waals surface area contributed by atoms with Gasteiger partial charge < -0.3 is 15.4 Å². The van der Waals surface area contributed by atoms with E-state index in [9.17, 15) is 18.0 Å². The zero-order chi connectivity index (χ0) is 14.8. The van der Waals surface area contributed by atoms with Gasteiger partial charge in [-0.1, -0.05) is 12.1 Å². The molecule has 2 N–H and O–H groups in total. The third-order valence-electron chi connectivity index (χ3n) is 3.09. The molecular formula is C13H15F3N2O2. The molecule has 0 aromatic heterocycles. The van der Waals surface area contributed by atoms with Crippen molar-refractivity contribution in [3.63, 3.8) is 0 Å². The topological polar surface area (TPSA) is 55.6 Å². The van der Waals surface area contributed by atoms with Gasteiger partial charge in [0.25, 0.3) is 0 Å². The van der Waals surface area contributed by atoms with Crippen LogP contribution in [0.1, 0.15) is 17.5 Å². The molecule has 110 valence electrons. The molecule has 1 saturated heterocycles. The van der Waals surface area contributed by atoms with Gasteiger partial charge in [-0.15, -0.1) is 0 Å². The molecule has 1 unspecified atom stereocenters. The smallest absolute Gasteiger partial charge is 0.416 e. The maximum Gasteiger partial charge on any atom is 0.416 e. The minimum Gasteiger partial charge on any atom is -0.444 e. The molecule has 4 nitrogen and oxygen atoms in total. The summed E-state index contributed by atoms with van der Waals surface area (Å²) in [4.78, 5) is 13.0. The number of carbonyl (C=O) groups is 1. The van der Waals surface area contributed by atoms with Crippen molar-refractivity contribution in [2.75, 3.05) is 13.1 Å². The van der Waals surface area contributed by atoms with Gasteiger partial charge in [-0.05, 0) is 30.7 Å². The van der Waals surface area contributed by atoms with Gasteiger partial charge in [0.15, 0.2) is 0 Å². The lowest BCUT2D eigenvalue weighted by Gasteiger charge is -2.13. The van der Waals surface area contributed by atoms with Crippen molar-refractivity contribution in [1.82, 2.24) is 4.90 Å². The highest BCUT2D eigenvalue weighted by Gasteiger charge is 2.32. The summed E-state index contributed by atoms with van der Waals surface area (Å²) in [5.41, 5.74) is 5.32. The summed E-state index contributed by atoms with van der Waals surface area (Å²) in [7, 11) is 0. The fourth-order valence-electron chi connectivity index (χ4n) is 2.06. The number of benzene rings is 1. The number of alkyl halides is 3. The van der Waals surface area contributed by atoms with Crippen LogP contribution in [0.3, 0.4) is 0 Å². The number of carbonyl (C=O) groups excluding carboxylic acids is 1. The Kier molecular flexibility index (Phi) is 4.17. The highest BCUT2D eigenvalue weighted by molar-refractivity contribution is 5.69. The van der Waals surface area contributed by atoms with Crippen LogP contribution < -0.4 is 5.73 Å². The molecule has 0 aliphatic carbocycles. The summed E-state index contributed by atoms with van der Waals surface area (Å²) in [6, 6.07) is 4.75. The van der Waals surface area contributed by atoms with E-state index >= 15 is 0 Å². The molecule has 7 heteroatoms. The lowest BCUT2D eigenvalue weighted by Crippen LogP contribution is -2.25. The first-order valence-electron chi connectivity index (χ1n) is 6.22. The number of cyclic esters (lactones) is 1. The standard InChI is InChI=1S/C13H15F3N2O2/c14-13(15,16)10-3-1-9(2-4-10)7-18-8-11(5-6-17)20-12(18)19/h1-4,11H,5-8,17H2. The van der Waals surface area contributed by atoms with Crippen LogP contribution in [0.4, 0.5) is 18.0 Å². The summed E-state index contributed by atoms with van der Waals surface area (Å²) in [6.45, 7) is 1.07. The molecule has 0 saturated carbocycles. The molecule has 1 aromatic carbocycles. The lowest BCUT2D eigenvalue weighted by atomic mass is 10.1. The third-order valence-corrected chi connectivity index (χ3v) is 3.09. The molecule has 1 fully saturated rings. The second-order valence-electron chi connectivity index (χ2n) is 4.66. The first-order valence-corrected chi connectivity index (χ1v) is 6.22. The number of ether oxygens (including phenoxy) is 1. The van der Waals surface area contributed by atoms with Crippen molar-refractivity contribution in [2.45, 2.75) is 25.2 Å². The van der Waals surface area contributed by atoms with Crippen LogP contribution in [0.25, 0.3) is 0 Å². The summed E-state index contributed by atoms with van der Waals surface area (Å²) < 4.78 is 42.4. The van der Waals surface area contributed by atoms with Gasteiger partial charge in [-0.2, -0.15) is 13.2 Å². The number of rotatable bonds is 4. The van der Waals surface area contributed by atoms with Crippen LogP contribution in [-0.2, 0) is 17.5 Å². The van der Waals surface area contributed by atoms with Gasteiger partial charge >= 0.3 is 12.3 Å². The van der Waals surface area contributed by atoms with E-state index < -0.39 is 17.8 Å². The van der Waals surface area contributed by atoms with E-state index in [0.717, 1.165) is 12.1 Å². The first-order chi connectivity index (χ1) is 9.40. The Balaban J connectivity index is 1.99. The third kappa shape index (κ3) is 3.41. The molecule has 1 amide bonds. The Hall–Kier alpha value is -1.76. The molecule has 1 atom stereocenters. The van der Waals surface area contributed by atoms with Gasteiger partial charge in [0.2, 0.25) is 0 Å². The minimum absolute atomic E-state index is 0.234. The largest absolute Gasteiger partial charge is 0.444 e. The average molecular weight is 288 g/mol. The van der Waals surface area contributed by atoms with E-state index in [0.29, 0.717) is 25.1 Å². The van der Waals surface area contributed by atoms with Gasteiger partial charge in [0.05, 0.1) is 12.1 Å². The summed E-state index contributed by atoms with van der Waals surface area (Å²) in [6.07, 6.45) is -4.46. The monoisotopic (exact) mass is 288 g/mol. The van der Waals surface area contributed by atoms with Crippen molar-refractivity contribution in [3.05, 3.63) is 35.4 Å². The Morgan fingerprint density at radius 3 is 2.50 bits per heavy atom. The molecule has 0 bridgehead atoms.